The van der Waals surface area contributed by atoms with Crippen LogP contribution in [0.4, 0.5) is 57.1 Å². The minimum absolute atomic E-state index is 0.00266. The van der Waals surface area contributed by atoms with Crippen molar-refractivity contribution in [2.45, 2.75) is 88.4 Å². The van der Waals surface area contributed by atoms with E-state index >= 15 is 4.39 Å². The zero-order valence-corrected chi connectivity index (χ0v) is 36.1. The molecule has 1 saturated carbocycles. The van der Waals surface area contributed by atoms with Crippen LogP contribution in [-0.4, -0.2) is 110 Å². The second-order valence-corrected chi connectivity index (χ2v) is 18.6. The van der Waals surface area contributed by atoms with E-state index < -0.39 is 94.5 Å². The Morgan fingerprint density at radius 2 is 1.15 bits per heavy atom. The average Bonchev–Trinajstić information content (AvgIpc) is 3.70. The van der Waals surface area contributed by atoms with E-state index in [2.05, 4.69) is 25.3 Å². The molecule has 9 rings (SSSR count). The quantitative estimate of drug-likeness (QED) is 0.163. The van der Waals surface area contributed by atoms with E-state index in [0.717, 1.165) is 12.1 Å². The molecule has 4 aromatic rings. The van der Waals surface area contributed by atoms with Crippen LogP contribution < -0.4 is 0 Å². The van der Waals surface area contributed by atoms with Gasteiger partial charge in [0.2, 0.25) is 0 Å². The zero-order valence-electron chi connectivity index (χ0n) is 36.1. The molecule has 23 heteroatoms. The van der Waals surface area contributed by atoms with Crippen molar-refractivity contribution in [2.75, 3.05) is 52.4 Å². The van der Waals surface area contributed by atoms with E-state index in [1.54, 1.807) is 4.90 Å². The first kappa shape index (κ1) is 47.9. The first-order valence-corrected chi connectivity index (χ1v) is 22.4. The van der Waals surface area contributed by atoms with E-state index in [-0.39, 0.29) is 93.9 Å². The molecule has 2 aromatic heterocycles. The standard InChI is InChI=1S/C45H45F13N8O2/c46-31-3-1-24(35(37(31)48)44(53,54)55)22-5-13-65(14-6-22)41(67)39-30-20-64(12-9-34(30)60-61-39)18-23-17-27(23)28-21-66(15-7-25(28)26-2-4-32(47)38(49)36(26)45(56,57)58)42(68)40-29-19-63(16-10-43(50,51)52)11-8-33(29)59-62-40/h1-4,22-23,25,27-28H,5-21H2,(H,59,62)(H,60,61). The monoisotopic (exact) mass is 976 g/mol. The number of halogens is 13. The number of aromatic nitrogens is 4. The number of alkyl halides is 9. The Labute approximate surface area is 380 Å². The Bertz CT molecular complexity index is 2560. The maximum Gasteiger partial charge on any atom is 0.419 e. The summed E-state index contributed by atoms with van der Waals surface area (Å²) in [5.41, 5.74) is -1.70. The molecular weight excluding hydrogens is 932 g/mol. The molecule has 2 aromatic carbocycles. The van der Waals surface area contributed by atoms with Gasteiger partial charge in [0.25, 0.3) is 11.8 Å². The summed E-state index contributed by atoms with van der Waals surface area (Å²) < 4.78 is 182. The summed E-state index contributed by atoms with van der Waals surface area (Å²) in [5.74, 6) is -11.1. The molecular formula is C45H45F13N8O2. The molecule has 10 nitrogen and oxygen atoms in total. The SMILES string of the molecule is O=C(c1n[nH]c2c1CN(CC1CC1C1CN(C(=O)c3n[nH]c4c3CN(CCC(F)(F)F)CC4)CCC1c1ccc(F)c(F)c1C(F)(F)F)CC2)N1CCC(c2ccc(F)c(F)c2C(F)(F)F)CC1. The molecule has 5 aliphatic rings. The smallest absolute Gasteiger partial charge is 0.337 e. The highest BCUT2D eigenvalue weighted by molar-refractivity contribution is 5.94. The van der Waals surface area contributed by atoms with Crippen LogP contribution in [0.25, 0.3) is 0 Å². The number of H-pyrrole nitrogens is 2. The highest BCUT2D eigenvalue weighted by Gasteiger charge is 2.52. The number of likely N-dealkylation sites (tertiary alicyclic amines) is 2. The minimum atomic E-state index is -5.24. The van der Waals surface area contributed by atoms with Crippen molar-refractivity contribution in [1.82, 2.24) is 40.0 Å². The molecule has 4 aliphatic heterocycles. The molecule has 4 atom stereocenters. The number of nitrogens with one attached hydrogen (secondary N) is 2. The summed E-state index contributed by atoms with van der Waals surface area (Å²) in [4.78, 5) is 34.6. The van der Waals surface area contributed by atoms with Crippen LogP contribution >= 0.6 is 0 Å². The molecule has 1 aliphatic carbocycles. The predicted octanol–water partition coefficient (Wildman–Crippen LogP) is 9.00. The summed E-state index contributed by atoms with van der Waals surface area (Å²) in [6, 6.07) is 3.19. The van der Waals surface area contributed by atoms with Gasteiger partial charge in [-0.2, -0.15) is 49.7 Å². The summed E-state index contributed by atoms with van der Waals surface area (Å²) in [7, 11) is 0. The molecule has 368 valence electrons. The van der Waals surface area contributed by atoms with Crippen molar-refractivity contribution >= 4 is 11.8 Å². The first-order chi connectivity index (χ1) is 32.1. The number of fused-ring (bicyclic) bond motifs is 2. The highest BCUT2D eigenvalue weighted by atomic mass is 19.4. The lowest BCUT2D eigenvalue weighted by Gasteiger charge is -2.40. The fraction of sp³-hybridized carbons (Fsp3) is 0.556. The van der Waals surface area contributed by atoms with E-state index in [1.165, 1.54) is 9.80 Å². The maximum atomic E-state index is 15.1. The third-order valence-corrected chi connectivity index (χ3v) is 14.5. The molecule has 2 saturated heterocycles. The molecule has 6 heterocycles. The number of amides is 2. The van der Waals surface area contributed by atoms with Gasteiger partial charge in [0, 0.05) is 101 Å². The summed E-state index contributed by atoms with van der Waals surface area (Å²) >= 11 is 0. The third kappa shape index (κ3) is 9.44. The van der Waals surface area contributed by atoms with Gasteiger partial charge in [-0.15, -0.1) is 0 Å². The van der Waals surface area contributed by atoms with E-state index in [4.69, 9.17) is 0 Å². The summed E-state index contributed by atoms with van der Waals surface area (Å²) in [6.45, 7) is 1.16. The molecule has 3 fully saturated rings. The first-order valence-electron chi connectivity index (χ1n) is 22.4. The van der Waals surface area contributed by atoms with E-state index in [0.29, 0.717) is 73.5 Å². The van der Waals surface area contributed by atoms with Gasteiger partial charge in [-0.1, -0.05) is 12.1 Å². The van der Waals surface area contributed by atoms with Crippen LogP contribution in [0.15, 0.2) is 24.3 Å². The van der Waals surface area contributed by atoms with Crippen LogP contribution in [0.1, 0.15) is 110 Å². The lowest BCUT2D eigenvalue weighted by Crippen LogP contribution is -2.45. The Hall–Kier alpha value is -5.19. The minimum Gasteiger partial charge on any atom is -0.337 e. The highest BCUT2D eigenvalue weighted by Crippen LogP contribution is 2.54. The maximum absolute atomic E-state index is 15.1. The number of rotatable bonds is 9. The van der Waals surface area contributed by atoms with E-state index in [1.807, 2.05) is 0 Å². The second kappa shape index (κ2) is 18.0. The fourth-order valence-electron chi connectivity index (χ4n) is 11.1. The van der Waals surface area contributed by atoms with Crippen molar-refractivity contribution in [3.63, 3.8) is 0 Å². The van der Waals surface area contributed by atoms with Crippen molar-refractivity contribution in [1.29, 1.82) is 0 Å². The van der Waals surface area contributed by atoms with Crippen LogP contribution in [-0.2, 0) is 38.3 Å². The van der Waals surface area contributed by atoms with Gasteiger partial charge in [0.1, 0.15) is 0 Å². The average molecular weight is 977 g/mol. The lowest BCUT2D eigenvalue weighted by molar-refractivity contribution is -0.142. The number of aromatic amines is 2. The zero-order chi connectivity index (χ0) is 48.6. The Morgan fingerprint density at radius 3 is 1.72 bits per heavy atom. The van der Waals surface area contributed by atoms with E-state index in [9.17, 15) is 62.3 Å². The van der Waals surface area contributed by atoms with Crippen molar-refractivity contribution in [3.8, 4) is 0 Å². The molecule has 4 unspecified atom stereocenters. The second-order valence-electron chi connectivity index (χ2n) is 18.6. The lowest BCUT2D eigenvalue weighted by atomic mass is 9.75. The molecule has 0 spiro atoms. The number of carbonyl (C=O) groups is 2. The number of hydrogen-bond acceptors (Lipinski definition) is 6. The van der Waals surface area contributed by atoms with Crippen LogP contribution in [0.2, 0.25) is 0 Å². The largest absolute Gasteiger partial charge is 0.419 e. The van der Waals surface area contributed by atoms with Crippen molar-refractivity contribution in [2.24, 2.45) is 17.8 Å². The number of benzene rings is 2. The third-order valence-electron chi connectivity index (χ3n) is 14.5. The van der Waals surface area contributed by atoms with Crippen LogP contribution in [0.5, 0.6) is 0 Å². The number of nitrogens with zero attached hydrogens (tertiary/aromatic N) is 6. The predicted molar refractivity (Wildman–Crippen MR) is 215 cm³/mol. The molecule has 2 N–H and O–H groups in total. The Balaban J connectivity index is 0.899. The van der Waals surface area contributed by atoms with Crippen LogP contribution in [0.3, 0.4) is 0 Å². The van der Waals surface area contributed by atoms with Gasteiger partial charge in [-0.3, -0.25) is 29.6 Å². The molecule has 2 amide bonds. The summed E-state index contributed by atoms with van der Waals surface area (Å²) in [5, 5.41) is 14.2. The van der Waals surface area contributed by atoms with Crippen molar-refractivity contribution < 1.29 is 66.7 Å². The van der Waals surface area contributed by atoms with Gasteiger partial charge in [-0.05, 0) is 78.5 Å². The number of piperidine rings is 2. The van der Waals surface area contributed by atoms with Gasteiger partial charge in [-0.25, -0.2) is 17.6 Å². The molecule has 0 radical (unpaired) electrons. The fourth-order valence-corrected chi connectivity index (χ4v) is 11.1. The van der Waals surface area contributed by atoms with Crippen LogP contribution in [0, 0.1) is 41.0 Å². The normalized spacial score (nSPS) is 23.2. The number of hydrogen-bond donors (Lipinski definition) is 2. The van der Waals surface area contributed by atoms with Gasteiger partial charge >= 0.3 is 18.5 Å². The topological polar surface area (TPSA) is 104 Å². The van der Waals surface area contributed by atoms with Gasteiger partial charge in [0.15, 0.2) is 34.7 Å². The number of carbonyl (C=O) groups excluding carboxylic acids is 2. The van der Waals surface area contributed by atoms with Gasteiger partial charge < -0.3 is 9.80 Å². The van der Waals surface area contributed by atoms with Gasteiger partial charge in [0.05, 0.1) is 17.5 Å². The molecule has 0 bridgehead atoms. The Kier molecular flexibility index (Phi) is 12.6. The van der Waals surface area contributed by atoms with Crippen molar-refractivity contribution in [3.05, 3.63) is 104 Å². The Morgan fingerprint density at radius 1 is 0.632 bits per heavy atom. The summed E-state index contributed by atoms with van der Waals surface area (Å²) in [6.07, 6.45) is -14.5. The molecule has 68 heavy (non-hydrogen) atoms.